The molecule has 1 fully saturated rings. The summed E-state index contributed by atoms with van der Waals surface area (Å²) >= 11 is 0. The Labute approximate surface area is 232 Å². The summed E-state index contributed by atoms with van der Waals surface area (Å²) in [7, 11) is 0. The van der Waals surface area contributed by atoms with Crippen molar-refractivity contribution in [2.75, 3.05) is 13.1 Å². The Hall–Kier alpha value is -4.15. The van der Waals surface area contributed by atoms with Crippen LogP contribution in [-0.2, 0) is 19.1 Å². The highest BCUT2D eigenvalue weighted by atomic mass is 16.5. The lowest BCUT2D eigenvalue weighted by molar-refractivity contribution is -0.158. The maximum absolute atomic E-state index is 13.3. The van der Waals surface area contributed by atoms with Gasteiger partial charge in [0.25, 0.3) is 11.7 Å². The summed E-state index contributed by atoms with van der Waals surface area (Å²) in [5.41, 5.74) is 9.35. The van der Waals surface area contributed by atoms with Gasteiger partial charge < -0.3 is 30.0 Å². The van der Waals surface area contributed by atoms with E-state index in [0.717, 1.165) is 6.26 Å². The number of oxazole rings is 1. The minimum absolute atomic E-state index is 0.0634. The highest BCUT2D eigenvalue weighted by Crippen LogP contribution is 2.25. The van der Waals surface area contributed by atoms with E-state index in [1.165, 1.54) is 17.1 Å². The van der Waals surface area contributed by atoms with Crippen LogP contribution < -0.4 is 5.32 Å². The van der Waals surface area contributed by atoms with Crippen molar-refractivity contribution in [3.05, 3.63) is 59.3 Å². The topological polar surface area (TPSA) is 175 Å². The molecule has 1 aromatic heterocycles. The Morgan fingerprint density at radius 3 is 2.67 bits per heavy atom. The van der Waals surface area contributed by atoms with Crippen LogP contribution in [0.1, 0.15) is 63.3 Å². The average molecular weight is 554 g/mol. The van der Waals surface area contributed by atoms with E-state index < -0.39 is 53.9 Å². The SMILES string of the molecule is CC1=C\[C@@H](O)CC(=O)C(=[N+]=[N-])c2nc(co2)C(=O)N2CCC[C@@H]2C(=O)O[C@H](C(C)C)[C@H](C)/C=C/C(=O)NC\C=C\1. The average Bonchev–Trinajstić information content (AvgIpc) is 3.58. The Kier molecular flexibility index (Phi) is 10.5. The molecule has 12 heteroatoms. The van der Waals surface area contributed by atoms with Crippen molar-refractivity contribution in [1.82, 2.24) is 15.2 Å². The number of aromatic nitrogens is 1. The number of hydrogen-bond donors (Lipinski definition) is 2. The number of carbonyl (C=O) groups excluding carboxylic acids is 4. The van der Waals surface area contributed by atoms with Gasteiger partial charge in [0.15, 0.2) is 5.69 Å². The molecule has 0 unspecified atom stereocenters. The molecule has 0 aliphatic carbocycles. The standard InChI is InChI=1S/C28H35N5O7/c1-16(2)25-18(4)9-10-23(36)30-11-5-7-17(3)13-19(34)14-22(35)24(32-29)26-31-20(15-39-26)27(37)33-12-6-8-21(33)28(38)40-25/h5,7,9-10,13,15-16,18-19,21,25,34H,6,8,11-12,14H2,1-4H3,(H,30,36)/b7-5+,10-9+,17-13+/t18-,19-,21-,25-/m1/s1. The summed E-state index contributed by atoms with van der Waals surface area (Å²) in [5, 5.41) is 13.0. The Balaban J connectivity index is 1.93. The van der Waals surface area contributed by atoms with Crippen LogP contribution in [0.4, 0.5) is 0 Å². The number of ketones is 1. The molecule has 2 bridgehead atoms. The second-order valence-electron chi connectivity index (χ2n) is 10.3. The van der Waals surface area contributed by atoms with E-state index in [2.05, 4.69) is 15.1 Å². The van der Waals surface area contributed by atoms with Crippen molar-refractivity contribution >= 4 is 29.3 Å². The zero-order chi connectivity index (χ0) is 29.4. The molecule has 2 amide bonds. The number of amides is 2. The van der Waals surface area contributed by atoms with Crippen LogP contribution in [0.3, 0.4) is 0 Å². The van der Waals surface area contributed by atoms with Gasteiger partial charge in [-0.05, 0) is 31.8 Å². The molecule has 0 saturated carbocycles. The van der Waals surface area contributed by atoms with E-state index in [1.54, 1.807) is 25.2 Å². The minimum atomic E-state index is -1.21. The first kappa shape index (κ1) is 30.4. The van der Waals surface area contributed by atoms with Gasteiger partial charge in [-0.25, -0.2) is 4.79 Å². The van der Waals surface area contributed by atoms with E-state index in [9.17, 15) is 29.8 Å². The normalized spacial score (nSPS) is 28.7. The molecule has 0 spiro atoms. The fraction of sp³-hybridized carbons (Fsp3) is 0.500. The van der Waals surface area contributed by atoms with E-state index >= 15 is 0 Å². The molecule has 40 heavy (non-hydrogen) atoms. The van der Waals surface area contributed by atoms with Gasteiger partial charge in [0.2, 0.25) is 5.91 Å². The third-order valence-corrected chi connectivity index (χ3v) is 6.68. The van der Waals surface area contributed by atoms with Crippen molar-refractivity contribution in [3.63, 3.8) is 0 Å². The zero-order valence-corrected chi connectivity index (χ0v) is 23.1. The summed E-state index contributed by atoms with van der Waals surface area (Å²) in [6.45, 7) is 7.87. The van der Waals surface area contributed by atoms with Crippen molar-refractivity contribution in [2.24, 2.45) is 11.8 Å². The lowest BCUT2D eigenvalue weighted by Crippen LogP contribution is -2.44. The van der Waals surface area contributed by atoms with Crippen molar-refractivity contribution in [1.29, 1.82) is 0 Å². The van der Waals surface area contributed by atoms with Gasteiger partial charge in [0, 0.05) is 25.4 Å². The van der Waals surface area contributed by atoms with Gasteiger partial charge in [-0.3, -0.25) is 14.4 Å². The number of hydrogen-bond acceptors (Lipinski definition) is 8. The number of rotatable bonds is 1. The molecular formula is C28H35N5O7. The number of nitrogens with one attached hydrogen (secondary N) is 1. The van der Waals surface area contributed by atoms with Crippen LogP contribution in [-0.4, -0.2) is 80.4 Å². The second kappa shape index (κ2) is 13.8. The molecule has 12 nitrogen and oxygen atoms in total. The zero-order valence-electron chi connectivity index (χ0n) is 23.1. The molecule has 2 aliphatic heterocycles. The number of cyclic esters (lactones) is 1. The lowest BCUT2D eigenvalue weighted by Gasteiger charge is -2.29. The third-order valence-electron chi connectivity index (χ3n) is 6.68. The smallest absolute Gasteiger partial charge is 0.419 e. The Morgan fingerprint density at radius 1 is 1.23 bits per heavy atom. The summed E-state index contributed by atoms with van der Waals surface area (Å²) in [6, 6.07) is -0.848. The molecule has 3 rings (SSSR count). The van der Waals surface area contributed by atoms with E-state index in [1.807, 2.05) is 20.8 Å². The molecule has 2 N–H and O–H groups in total. The van der Waals surface area contributed by atoms with Crippen molar-refractivity contribution in [3.8, 4) is 0 Å². The van der Waals surface area contributed by atoms with Crippen molar-refractivity contribution in [2.45, 2.75) is 65.2 Å². The van der Waals surface area contributed by atoms with E-state index in [4.69, 9.17) is 9.15 Å². The number of ether oxygens (including phenoxy) is 1. The number of Topliss-reactive ketones (excluding diaryl/α,β-unsaturated/α-hetero) is 1. The maximum atomic E-state index is 13.3. The first-order valence-electron chi connectivity index (χ1n) is 13.2. The van der Waals surface area contributed by atoms with Crippen molar-refractivity contribution < 1.29 is 38.2 Å². The molecule has 2 aliphatic rings. The summed E-state index contributed by atoms with van der Waals surface area (Å²) in [5.74, 6) is -3.00. The van der Waals surface area contributed by atoms with Crippen LogP contribution in [0, 0.1) is 11.8 Å². The highest BCUT2D eigenvalue weighted by Gasteiger charge is 2.39. The van der Waals surface area contributed by atoms with Gasteiger partial charge in [0.05, 0.1) is 6.10 Å². The molecule has 0 radical (unpaired) electrons. The Morgan fingerprint density at radius 2 is 1.98 bits per heavy atom. The van der Waals surface area contributed by atoms with Gasteiger partial charge in [-0.2, -0.15) is 9.77 Å². The first-order valence-corrected chi connectivity index (χ1v) is 13.2. The van der Waals surface area contributed by atoms with E-state index in [0.29, 0.717) is 18.4 Å². The van der Waals surface area contributed by atoms with Crippen LogP contribution in [0.15, 0.2) is 46.6 Å². The van der Waals surface area contributed by atoms with Gasteiger partial charge in [0.1, 0.15) is 18.4 Å². The predicted octanol–water partition coefficient (Wildman–Crippen LogP) is 2.01. The van der Waals surface area contributed by atoms with E-state index in [-0.39, 0.29) is 36.5 Å². The number of fused-ring (bicyclic) bond motifs is 3. The third kappa shape index (κ3) is 7.71. The largest absolute Gasteiger partial charge is 0.460 e. The van der Waals surface area contributed by atoms with Crippen LogP contribution in [0.2, 0.25) is 0 Å². The van der Waals surface area contributed by atoms with Crippen LogP contribution in [0.25, 0.3) is 5.53 Å². The maximum Gasteiger partial charge on any atom is 0.419 e. The monoisotopic (exact) mass is 553 g/mol. The second-order valence-corrected chi connectivity index (χ2v) is 10.3. The number of nitrogens with zero attached hydrogens (tertiary/aromatic N) is 4. The fourth-order valence-corrected chi connectivity index (χ4v) is 4.68. The van der Waals surface area contributed by atoms with Crippen LogP contribution >= 0.6 is 0 Å². The number of allylic oxidation sites excluding steroid dienone is 2. The Bertz CT molecular complexity index is 1270. The summed E-state index contributed by atoms with van der Waals surface area (Å²) in [6.07, 6.45) is 7.66. The van der Waals surface area contributed by atoms with Gasteiger partial charge in [-0.1, -0.05) is 50.6 Å². The highest BCUT2D eigenvalue weighted by molar-refractivity contribution is 6.42. The molecule has 4 atom stereocenters. The number of carbonyl (C=O) groups is 4. The number of esters is 1. The molecule has 3 heterocycles. The summed E-state index contributed by atoms with van der Waals surface area (Å²) in [4.78, 5) is 59.8. The number of aliphatic hydroxyl groups is 1. The first-order chi connectivity index (χ1) is 19.0. The molecular weight excluding hydrogens is 518 g/mol. The summed E-state index contributed by atoms with van der Waals surface area (Å²) < 4.78 is 11.1. The minimum Gasteiger partial charge on any atom is -0.460 e. The molecule has 214 valence electrons. The lowest BCUT2D eigenvalue weighted by atomic mass is 9.94. The molecule has 1 saturated heterocycles. The quantitative estimate of drug-likeness (QED) is 0.301. The molecule has 0 aromatic carbocycles. The molecule has 1 aromatic rings. The number of aliphatic hydroxyl groups excluding tert-OH is 1. The fourth-order valence-electron chi connectivity index (χ4n) is 4.68. The van der Waals surface area contributed by atoms with Gasteiger partial charge in [-0.15, -0.1) is 0 Å². The predicted molar refractivity (Wildman–Crippen MR) is 143 cm³/mol. The van der Waals surface area contributed by atoms with Gasteiger partial charge >= 0.3 is 17.6 Å². The van der Waals surface area contributed by atoms with Crippen LogP contribution in [0.5, 0.6) is 0 Å².